The van der Waals surface area contributed by atoms with E-state index in [4.69, 9.17) is 19.8 Å². The molecule has 3 rings (SSSR count). The van der Waals surface area contributed by atoms with Gasteiger partial charge in [-0.2, -0.15) is 0 Å². The van der Waals surface area contributed by atoms with Crippen LogP contribution in [0.15, 0.2) is 54.9 Å². The maximum Gasteiger partial charge on any atom is 0.565 e. The molecule has 2 N–H and O–H groups in total. The van der Waals surface area contributed by atoms with Gasteiger partial charge in [-0.3, -0.25) is 0 Å². The van der Waals surface area contributed by atoms with Gasteiger partial charge in [0.25, 0.3) is 0 Å². The van der Waals surface area contributed by atoms with Crippen LogP contribution in [-0.2, 0) is 15.9 Å². The number of rotatable bonds is 4. The first-order chi connectivity index (χ1) is 11.0. The van der Waals surface area contributed by atoms with Crippen molar-refractivity contribution in [3.05, 3.63) is 60.5 Å². The van der Waals surface area contributed by atoms with E-state index in [2.05, 4.69) is 11.6 Å². The Labute approximate surface area is 136 Å². The second kappa shape index (κ2) is 5.97. The van der Waals surface area contributed by atoms with Crippen molar-refractivity contribution in [2.75, 3.05) is 5.73 Å². The average molecular weight is 310 g/mol. The van der Waals surface area contributed by atoms with Crippen LogP contribution < -0.4 is 15.9 Å². The first-order valence-electron chi connectivity index (χ1n) is 7.42. The number of aromatic nitrogens is 1. The standard InChI is InChI=1S/C17H19BN2O3/c1-12-17(2,3)23-18(22-12)14-9-15(16(19)20-10-14)21-11-13-7-5-4-6-8-13/h4-10H,1,11H2,2-3H3,(H2,19,20). The molecule has 6 heteroatoms. The molecule has 1 aliphatic heterocycles. The van der Waals surface area contributed by atoms with Crippen LogP contribution in [0.1, 0.15) is 19.4 Å². The predicted molar refractivity (Wildman–Crippen MR) is 90.2 cm³/mol. The van der Waals surface area contributed by atoms with E-state index in [1.807, 2.05) is 44.2 Å². The van der Waals surface area contributed by atoms with E-state index in [-0.39, 0.29) is 0 Å². The normalized spacial score (nSPS) is 16.3. The van der Waals surface area contributed by atoms with Gasteiger partial charge >= 0.3 is 7.12 Å². The summed E-state index contributed by atoms with van der Waals surface area (Å²) in [6.07, 6.45) is 1.63. The highest BCUT2D eigenvalue weighted by atomic mass is 16.7. The Morgan fingerprint density at radius 1 is 1.30 bits per heavy atom. The van der Waals surface area contributed by atoms with E-state index in [1.54, 1.807) is 12.3 Å². The highest BCUT2D eigenvalue weighted by Gasteiger charge is 2.43. The van der Waals surface area contributed by atoms with Gasteiger partial charge in [0.15, 0.2) is 11.6 Å². The van der Waals surface area contributed by atoms with Crippen molar-refractivity contribution in [3.63, 3.8) is 0 Å². The van der Waals surface area contributed by atoms with Gasteiger partial charge in [0.05, 0.1) is 5.76 Å². The summed E-state index contributed by atoms with van der Waals surface area (Å²) in [6, 6.07) is 11.7. The third-order valence-electron chi connectivity index (χ3n) is 3.73. The fraction of sp³-hybridized carbons (Fsp3) is 0.235. The van der Waals surface area contributed by atoms with E-state index in [0.717, 1.165) is 11.0 Å². The molecule has 1 aromatic heterocycles. The van der Waals surface area contributed by atoms with Gasteiger partial charge < -0.3 is 19.8 Å². The topological polar surface area (TPSA) is 66.6 Å². The summed E-state index contributed by atoms with van der Waals surface area (Å²) in [7, 11) is -0.551. The van der Waals surface area contributed by atoms with Crippen LogP contribution in [0.3, 0.4) is 0 Å². The third kappa shape index (κ3) is 3.32. The van der Waals surface area contributed by atoms with Crippen molar-refractivity contribution in [1.29, 1.82) is 0 Å². The van der Waals surface area contributed by atoms with E-state index >= 15 is 0 Å². The molecule has 1 aromatic carbocycles. The molecular weight excluding hydrogens is 291 g/mol. The Hall–Kier alpha value is -2.47. The van der Waals surface area contributed by atoms with Crippen molar-refractivity contribution >= 4 is 18.4 Å². The molecule has 0 spiro atoms. The lowest BCUT2D eigenvalue weighted by Crippen LogP contribution is -2.35. The Morgan fingerprint density at radius 3 is 2.70 bits per heavy atom. The van der Waals surface area contributed by atoms with Gasteiger partial charge in [-0.25, -0.2) is 4.98 Å². The number of nitrogens with zero attached hydrogens (tertiary/aromatic N) is 1. The summed E-state index contributed by atoms with van der Waals surface area (Å²) in [5, 5.41) is 0. The molecule has 0 aliphatic carbocycles. The molecule has 23 heavy (non-hydrogen) atoms. The Morgan fingerprint density at radius 2 is 2.04 bits per heavy atom. The number of anilines is 1. The summed E-state index contributed by atoms with van der Waals surface area (Å²) in [6.45, 7) is 8.11. The van der Waals surface area contributed by atoms with Crippen molar-refractivity contribution in [3.8, 4) is 5.75 Å². The fourth-order valence-electron chi connectivity index (χ4n) is 2.21. The third-order valence-corrected chi connectivity index (χ3v) is 3.73. The van der Waals surface area contributed by atoms with Gasteiger partial charge in [0, 0.05) is 11.7 Å². The first-order valence-corrected chi connectivity index (χ1v) is 7.42. The first kappa shape index (κ1) is 15.4. The Balaban J connectivity index is 1.76. The lowest BCUT2D eigenvalue weighted by molar-refractivity contribution is 0.173. The van der Waals surface area contributed by atoms with E-state index in [0.29, 0.717) is 23.9 Å². The van der Waals surface area contributed by atoms with Crippen LogP contribution in [0.4, 0.5) is 5.82 Å². The number of hydrogen-bond acceptors (Lipinski definition) is 5. The zero-order chi connectivity index (χ0) is 16.4. The summed E-state index contributed by atoms with van der Waals surface area (Å²) in [5.74, 6) is 1.43. The fourth-order valence-corrected chi connectivity index (χ4v) is 2.21. The molecular formula is C17H19BN2O3. The number of pyridine rings is 1. The molecule has 0 bridgehead atoms. The number of hydrogen-bond donors (Lipinski definition) is 1. The Kier molecular flexibility index (Phi) is 4.00. The van der Waals surface area contributed by atoms with Gasteiger partial charge in [-0.05, 0) is 25.5 Å². The molecule has 1 aliphatic rings. The number of nitrogen functional groups attached to an aromatic ring is 1. The number of benzene rings is 1. The predicted octanol–water partition coefficient (Wildman–Crippen LogP) is 2.28. The minimum absolute atomic E-state index is 0.334. The second-order valence-electron chi connectivity index (χ2n) is 5.93. The summed E-state index contributed by atoms with van der Waals surface area (Å²) < 4.78 is 17.3. The van der Waals surface area contributed by atoms with Crippen LogP contribution in [-0.4, -0.2) is 17.7 Å². The van der Waals surface area contributed by atoms with E-state index in [9.17, 15) is 0 Å². The second-order valence-corrected chi connectivity index (χ2v) is 5.93. The quantitative estimate of drug-likeness (QED) is 0.878. The zero-order valence-electron chi connectivity index (χ0n) is 13.3. The maximum absolute atomic E-state index is 5.90. The van der Waals surface area contributed by atoms with Gasteiger partial charge in [0.2, 0.25) is 0 Å². The monoisotopic (exact) mass is 310 g/mol. The van der Waals surface area contributed by atoms with Crippen LogP contribution in [0.2, 0.25) is 0 Å². The average Bonchev–Trinajstić information content (AvgIpc) is 2.81. The van der Waals surface area contributed by atoms with Crippen molar-refractivity contribution < 1.29 is 14.0 Å². The van der Waals surface area contributed by atoms with Crippen molar-refractivity contribution in [2.45, 2.75) is 26.1 Å². The van der Waals surface area contributed by atoms with Gasteiger partial charge in [0.1, 0.15) is 12.2 Å². The number of ether oxygens (including phenoxy) is 1. The minimum Gasteiger partial charge on any atom is -0.534 e. The molecule has 2 heterocycles. The van der Waals surface area contributed by atoms with Gasteiger partial charge in [-0.15, -0.1) is 0 Å². The lowest BCUT2D eigenvalue weighted by atomic mass is 9.80. The Bertz CT molecular complexity index is 719. The summed E-state index contributed by atoms with van der Waals surface area (Å²) in [5.41, 5.74) is 7.17. The van der Waals surface area contributed by atoms with Crippen LogP contribution >= 0.6 is 0 Å². The molecule has 1 saturated heterocycles. The van der Waals surface area contributed by atoms with E-state index in [1.165, 1.54) is 0 Å². The van der Waals surface area contributed by atoms with Crippen LogP contribution in [0.5, 0.6) is 5.75 Å². The molecule has 2 aromatic rings. The molecule has 0 amide bonds. The lowest BCUT2D eigenvalue weighted by Gasteiger charge is -2.15. The maximum atomic E-state index is 5.90. The summed E-state index contributed by atoms with van der Waals surface area (Å²) >= 11 is 0. The SMILES string of the molecule is C=C1OB(c2cnc(N)c(OCc3ccccc3)c2)OC1(C)C. The highest BCUT2D eigenvalue weighted by molar-refractivity contribution is 6.62. The smallest absolute Gasteiger partial charge is 0.534 e. The molecule has 5 nitrogen and oxygen atoms in total. The molecule has 0 saturated carbocycles. The molecule has 1 fully saturated rings. The zero-order valence-corrected chi connectivity index (χ0v) is 13.3. The van der Waals surface area contributed by atoms with E-state index < -0.39 is 12.7 Å². The van der Waals surface area contributed by atoms with Gasteiger partial charge in [-0.1, -0.05) is 36.9 Å². The number of nitrogens with two attached hydrogens (primary N) is 1. The van der Waals surface area contributed by atoms with Crippen LogP contribution in [0, 0.1) is 0 Å². The molecule has 0 atom stereocenters. The molecule has 118 valence electrons. The largest absolute Gasteiger partial charge is 0.565 e. The van der Waals surface area contributed by atoms with Crippen molar-refractivity contribution in [2.24, 2.45) is 0 Å². The van der Waals surface area contributed by atoms with Crippen molar-refractivity contribution in [1.82, 2.24) is 4.98 Å². The summed E-state index contributed by atoms with van der Waals surface area (Å²) in [4.78, 5) is 4.17. The molecule has 0 unspecified atom stereocenters. The minimum atomic E-state index is -0.551. The van der Waals surface area contributed by atoms with Crippen LogP contribution in [0.25, 0.3) is 0 Å². The molecule has 0 radical (unpaired) electrons. The highest BCUT2D eigenvalue weighted by Crippen LogP contribution is 2.29.